The number of likely N-dealkylation sites (N-methyl/N-ethyl adjacent to an activating group) is 2. The predicted molar refractivity (Wildman–Crippen MR) is 115 cm³/mol. The third-order valence-electron chi connectivity index (χ3n) is 7.36. The minimum atomic E-state index is 0.138. The molecule has 0 bridgehead atoms. The van der Waals surface area contributed by atoms with Crippen LogP contribution in [0.3, 0.4) is 0 Å². The van der Waals surface area contributed by atoms with Crippen molar-refractivity contribution in [3.63, 3.8) is 0 Å². The molecule has 1 aromatic rings. The summed E-state index contributed by atoms with van der Waals surface area (Å²) in [5.41, 5.74) is 4.58. The van der Waals surface area contributed by atoms with Gasteiger partial charge in [-0.15, -0.1) is 0 Å². The Kier molecular flexibility index (Phi) is 6.35. The van der Waals surface area contributed by atoms with Crippen molar-refractivity contribution in [1.82, 2.24) is 20.0 Å². The molecule has 29 heavy (non-hydrogen) atoms. The minimum absolute atomic E-state index is 0.138. The highest BCUT2D eigenvalue weighted by atomic mass is 16.5. The molecule has 0 radical (unpaired) electrons. The van der Waals surface area contributed by atoms with E-state index in [1.807, 2.05) is 7.05 Å². The van der Waals surface area contributed by atoms with Crippen LogP contribution in [0.5, 0.6) is 0 Å². The van der Waals surface area contributed by atoms with Crippen LogP contribution < -0.4 is 5.32 Å². The van der Waals surface area contributed by atoms with Gasteiger partial charge in [-0.05, 0) is 64.0 Å². The Balaban J connectivity index is 1.48. The summed E-state index contributed by atoms with van der Waals surface area (Å²) in [6, 6.07) is 0. The molecule has 1 saturated carbocycles. The van der Waals surface area contributed by atoms with Gasteiger partial charge in [0, 0.05) is 25.2 Å². The smallest absolute Gasteiger partial charge is 0.0888 e. The maximum atomic E-state index is 6.48. The molecular weight excluding hydrogens is 364 g/mol. The second-order valence-corrected chi connectivity index (χ2v) is 10.3. The van der Waals surface area contributed by atoms with Gasteiger partial charge in [0.2, 0.25) is 0 Å². The van der Waals surface area contributed by atoms with Crippen molar-refractivity contribution >= 4 is 0 Å². The van der Waals surface area contributed by atoms with Crippen molar-refractivity contribution in [2.75, 3.05) is 40.4 Å². The number of hydrogen-bond acceptors (Lipinski definition) is 5. The quantitative estimate of drug-likeness (QED) is 0.788. The summed E-state index contributed by atoms with van der Waals surface area (Å²) in [4.78, 5) is 2.38. The molecule has 1 aliphatic carbocycles. The Morgan fingerprint density at radius 1 is 1.21 bits per heavy atom. The fourth-order valence-electron chi connectivity index (χ4n) is 5.33. The topological polar surface area (TPSA) is 51.6 Å². The number of nitrogens with zero attached hydrogens (tertiary/aromatic N) is 3. The molecule has 0 unspecified atom stereocenters. The predicted octanol–water partition coefficient (Wildman–Crippen LogP) is 3.30. The Hall–Kier alpha value is -0.950. The number of aromatic nitrogens is 2. The van der Waals surface area contributed by atoms with Crippen LogP contribution in [0.1, 0.15) is 75.2 Å². The summed E-state index contributed by atoms with van der Waals surface area (Å²) in [5, 5.41) is 8.29. The first-order chi connectivity index (χ1) is 13.9. The number of fused-ring (bicyclic) bond motifs is 1. The second kappa shape index (κ2) is 8.66. The molecule has 1 spiro atoms. The molecule has 1 aromatic heterocycles. The zero-order valence-electron chi connectivity index (χ0n) is 18.9. The fourth-order valence-corrected chi connectivity index (χ4v) is 5.33. The van der Waals surface area contributed by atoms with Crippen molar-refractivity contribution in [2.24, 2.45) is 5.41 Å². The highest BCUT2D eigenvalue weighted by Crippen LogP contribution is 2.48. The summed E-state index contributed by atoms with van der Waals surface area (Å²) in [6.45, 7) is 10.9. The second-order valence-electron chi connectivity index (χ2n) is 10.3. The standard InChI is InChI=1S/C23H40N4O2/c1-22(2)9-10-23(29-17-22)7-5-18(6-8-23)21-19(15-26(4)12-11-24-3)25-27-13-14-28-16-20(21)27/h18,24H,5-17H2,1-4H3/t18-,23+. The molecule has 1 N–H and O–H groups in total. The van der Waals surface area contributed by atoms with E-state index in [1.54, 1.807) is 0 Å². The van der Waals surface area contributed by atoms with Gasteiger partial charge in [-0.3, -0.25) is 9.58 Å². The molecule has 3 aliphatic rings. The van der Waals surface area contributed by atoms with E-state index in [9.17, 15) is 0 Å². The Bertz CT molecular complexity index is 679. The van der Waals surface area contributed by atoms with Crippen LogP contribution in [0.4, 0.5) is 0 Å². The van der Waals surface area contributed by atoms with E-state index in [-0.39, 0.29) is 5.60 Å². The maximum absolute atomic E-state index is 6.48. The third-order valence-corrected chi connectivity index (χ3v) is 7.36. The maximum Gasteiger partial charge on any atom is 0.0888 e. The lowest BCUT2D eigenvalue weighted by atomic mass is 9.70. The first-order valence-corrected chi connectivity index (χ1v) is 11.5. The molecule has 6 heteroatoms. The highest BCUT2D eigenvalue weighted by molar-refractivity contribution is 5.32. The van der Waals surface area contributed by atoms with Gasteiger partial charge in [0.05, 0.1) is 43.4 Å². The van der Waals surface area contributed by atoms with Gasteiger partial charge in [0.15, 0.2) is 0 Å². The van der Waals surface area contributed by atoms with Crippen molar-refractivity contribution in [3.8, 4) is 0 Å². The van der Waals surface area contributed by atoms with Crippen LogP contribution in [0.15, 0.2) is 0 Å². The van der Waals surface area contributed by atoms with E-state index in [0.29, 0.717) is 11.3 Å². The summed E-state index contributed by atoms with van der Waals surface area (Å²) in [7, 11) is 4.21. The molecule has 0 aromatic carbocycles. The van der Waals surface area contributed by atoms with E-state index >= 15 is 0 Å². The SMILES string of the molecule is CNCCN(C)Cc1nn2c(c1[C@H]1CC[C@]3(CCC(C)(C)CO3)CC1)COCC2. The Morgan fingerprint density at radius 3 is 2.69 bits per heavy atom. The lowest BCUT2D eigenvalue weighted by Gasteiger charge is -2.47. The average molecular weight is 405 g/mol. The van der Waals surface area contributed by atoms with E-state index in [2.05, 4.69) is 35.8 Å². The van der Waals surface area contributed by atoms with Crippen LogP contribution in [-0.2, 0) is 29.2 Å². The normalized spacial score (nSPS) is 29.3. The largest absolute Gasteiger partial charge is 0.374 e. The summed E-state index contributed by atoms with van der Waals surface area (Å²) < 4.78 is 14.5. The number of ether oxygens (including phenoxy) is 2. The van der Waals surface area contributed by atoms with E-state index < -0.39 is 0 Å². The van der Waals surface area contributed by atoms with Crippen LogP contribution in [-0.4, -0.2) is 60.7 Å². The van der Waals surface area contributed by atoms with Crippen LogP contribution >= 0.6 is 0 Å². The molecular formula is C23H40N4O2. The van der Waals surface area contributed by atoms with Crippen molar-refractivity contribution in [2.45, 2.75) is 83.6 Å². The first kappa shape index (κ1) is 21.3. The van der Waals surface area contributed by atoms with Crippen LogP contribution in [0.2, 0.25) is 0 Å². The molecule has 1 saturated heterocycles. The van der Waals surface area contributed by atoms with Crippen LogP contribution in [0, 0.1) is 5.41 Å². The lowest BCUT2D eigenvalue weighted by Crippen LogP contribution is -2.44. The first-order valence-electron chi connectivity index (χ1n) is 11.5. The molecule has 4 rings (SSSR count). The van der Waals surface area contributed by atoms with Crippen LogP contribution in [0.25, 0.3) is 0 Å². The summed E-state index contributed by atoms with van der Waals surface area (Å²) >= 11 is 0. The van der Waals surface area contributed by atoms with Crippen molar-refractivity contribution in [3.05, 3.63) is 17.0 Å². The summed E-state index contributed by atoms with van der Waals surface area (Å²) in [6.07, 6.45) is 7.32. The van der Waals surface area contributed by atoms with E-state index in [0.717, 1.165) is 46.0 Å². The number of hydrogen-bond donors (Lipinski definition) is 1. The third kappa shape index (κ3) is 4.71. The molecule has 0 amide bonds. The highest BCUT2D eigenvalue weighted by Gasteiger charge is 2.43. The molecule has 2 fully saturated rings. The molecule has 6 nitrogen and oxygen atoms in total. The number of rotatable bonds is 6. The Labute approximate surface area is 176 Å². The lowest BCUT2D eigenvalue weighted by molar-refractivity contribution is -0.142. The van der Waals surface area contributed by atoms with E-state index in [4.69, 9.17) is 14.6 Å². The van der Waals surface area contributed by atoms with Gasteiger partial charge in [-0.2, -0.15) is 5.10 Å². The zero-order chi connectivity index (χ0) is 20.5. The van der Waals surface area contributed by atoms with Gasteiger partial charge in [-0.1, -0.05) is 13.8 Å². The molecule has 2 aliphatic heterocycles. The number of nitrogens with one attached hydrogen (secondary N) is 1. The molecule has 3 heterocycles. The average Bonchev–Trinajstić information content (AvgIpc) is 3.07. The van der Waals surface area contributed by atoms with Gasteiger partial charge >= 0.3 is 0 Å². The molecule has 0 atom stereocenters. The van der Waals surface area contributed by atoms with Crippen molar-refractivity contribution < 1.29 is 9.47 Å². The minimum Gasteiger partial charge on any atom is -0.374 e. The van der Waals surface area contributed by atoms with Gasteiger partial charge in [0.25, 0.3) is 0 Å². The van der Waals surface area contributed by atoms with Gasteiger partial charge in [0.1, 0.15) is 0 Å². The van der Waals surface area contributed by atoms with Gasteiger partial charge in [-0.25, -0.2) is 0 Å². The van der Waals surface area contributed by atoms with Gasteiger partial charge < -0.3 is 14.8 Å². The molecule has 164 valence electrons. The van der Waals surface area contributed by atoms with Crippen molar-refractivity contribution in [1.29, 1.82) is 0 Å². The zero-order valence-corrected chi connectivity index (χ0v) is 18.9. The monoisotopic (exact) mass is 404 g/mol. The summed E-state index contributed by atoms with van der Waals surface area (Å²) in [5.74, 6) is 0.595. The Morgan fingerprint density at radius 2 is 2.00 bits per heavy atom. The fraction of sp³-hybridized carbons (Fsp3) is 0.870. The van der Waals surface area contributed by atoms with E-state index in [1.165, 1.54) is 55.5 Å².